The number of hydrogen-bond acceptors (Lipinski definition) is 3. The molecule has 34 heavy (non-hydrogen) atoms. The molecule has 0 aromatic heterocycles. The minimum absolute atomic E-state index is 0.149. The quantitative estimate of drug-likeness (QED) is 0.188. The van der Waals surface area contributed by atoms with E-state index in [0.29, 0.717) is 32.5 Å². The number of benzene rings is 3. The predicted molar refractivity (Wildman–Crippen MR) is 141 cm³/mol. The van der Waals surface area contributed by atoms with Crippen molar-refractivity contribution in [2.24, 2.45) is 5.92 Å². The van der Waals surface area contributed by atoms with Gasteiger partial charge in [-0.05, 0) is 72.1 Å². The van der Waals surface area contributed by atoms with Crippen molar-refractivity contribution in [2.75, 3.05) is 11.1 Å². The lowest BCUT2D eigenvalue weighted by molar-refractivity contribution is -0.117. The van der Waals surface area contributed by atoms with Gasteiger partial charge in [-0.25, -0.2) is 0 Å². The molecule has 3 aromatic rings. The number of anilines is 2. The van der Waals surface area contributed by atoms with Gasteiger partial charge in [0.2, 0.25) is 5.91 Å². The highest BCUT2D eigenvalue weighted by molar-refractivity contribution is 6.53. The van der Waals surface area contributed by atoms with Gasteiger partial charge in [-0.2, -0.15) is 0 Å². The molecule has 0 heterocycles. The van der Waals surface area contributed by atoms with E-state index in [1.54, 1.807) is 42.5 Å². The minimum atomic E-state index is -1.31. The maximum atomic E-state index is 13.0. The number of nitrogens with one attached hydrogen (secondary N) is 1. The first kappa shape index (κ1) is 25.2. The number of rotatable bonds is 6. The molecule has 176 valence electrons. The van der Waals surface area contributed by atoms with Crippen LogP contribution >= 0.6 is 58.0 Å². The van der Waals surface area contributed by atoms with Gasteiger partial charge in [0, 0.05) is 39.3 Å². The summed E-state index contributed by atoms with van der Waals surface area (Å²) in [4.78, 5) is 26.0. The molecule has 2 unspecified atom stereocenters. The average Bonchev–Trinajstić information content (AvgIpc) is 3.33. The Morgan fingerprint density at radius 1 is 0.971 bits per heavy atom. The van der Waals surface area contributed by atoms with E-state index in [1.807, 2.05) is 19.1 Å². The number of aryl methyl sites for hydroxylation is 1. The van der Waals surface area contributed by atoms with Crippen LogP contribution in [0.1, 0.15) is 33.0 Å². The fraction of sp³-hybridized carbons (Fsp3) is 0.200. The Balaban J connectivity index is 1.52. The molecule has 4 nitrogen and oxygen atoms in total. The van der Waals surface area contributed by atoms with Crippen LogP contribution in [0.15, 0.2) is 54.6 Å². The zero-order valence-corrected chi connectivity index (χ0v) is 21.6. The van der Waals surface area contributed by atoms with Gasteiger partial charge in [0.1, 0.15) is 4.33 Å². The first-order valence-corrected chi connectivity index (χ1v) is 12.2. The number of hydrogen-bond donors (Lipinski definition) is 2. The molecule has 1 aliphatic carbocycles. The largest absolute Gasteiger partial charge is 0.399 e. The second kappa shape index (κ2) is 9.60. The van der Waals surface area contributed by atoms with Crippen molar-refractivity contribution >= 4 is 81.1 Å². The highest BCUT2D eigenvalue weighted by Crippen LogP contribution is 2.65. The highest BCUT2D eigenvalue weighted by Gasteiger charge is 2.67. The van der Waals surface area contributed by atoms with E-state index in [1.165, 1.54) is 0 Å². The molecule has 0 spiro atoms. The molecule has 0 saturated heterocycles. The average molecular weight is 557 g/mol. The standard InChI is InChI=1S/C25H19Cl5N2O2/c1-12-6-17(31)3-2-13(12)9-21(33)19-11-18(4-5-20(19)28)32-24(34)23-22(25(23,29)30)14-7-15(26)10-16(27)8-14/h2-8,10-11,22-23H,9,31H2,1H3,(H,32,34). The van der Waals surface area contributed by atoms with Crippen LogP contribution in [0.25, 0.3) is 0 Å². The molecule has 1 saturated carbocycles. The first-order valence-electron chi connectivity index (χ1n) is 10.3. The molecule has 1 amide bonds. The van der Waals surface area contributed by atoms with Gasteiger partial charge >= 0.3 is 0 Å². The molecule has 3 aromatic carbocycles. The minimum Gasteiger partial charge on any atom is -0.399 e. The number of nitrogen functional groups attached to an aromatic ring is 1. The van der Waals surface area contributed by atoms with E-state index < -0.39 is 16.2 Å². The van der Waals surface area contributed by atoms with Crippen LogP contribution in [0.2, 0.25) is 15.1 Å². The maximum absolute atomic E-state index is 13.0. The second-order valence-electron chi connectivity index (χ2n) is 8.30. The molecule has 0 bridgehead atoms. The molecule has 0 aliphatic heterocycles. The summed E-state index contributed by atoms with van der Waals surface area (Å²) in [5, 5.41) is 3.93. The fourth-order valence-electron chi connectivity index (χ4n) is 4.04. The van der Waals surface area contributed by atoms with Crippen molar-refractivity contribution in [2.45, 2.75) is 23.6 Å². The van der Waals surface area contributed by atoms with E-state index in [4.69, 9.17) is 63.7 Å². The van der Waals surface area contributed by atoms with Gasteiger partial charge in [0.05, 0.1) is 10.9 Å². The van der Waals surface area contributed by atoms with Crippen molar-refractivity contribution < 1.29 is 9.59 Å². The molecular formula is C25H19Cl5N2O2. The van der Waals surface area contributed by atoms with Gasteiger partial charge in [0.15, 0.2) is 5.78 Å². The van der Waals surface area contributed by atoms with Gasteiger partial charge in [0.25, 0.3) is 0 Å². The van der Waals surface area contributed by atoms with Crippen LogP contribution in [0, 0.1) is 12.8 Å². The Kier molecular flexibility index (Phi) is 7.10. The summed E-state index contributed by atoms with van der Waals surface area (Å²) in [6.07, 6.45) is 0.149. The summed E-state index contributed by atoms with van der Waals surface area (Å²) in [5.41, 5.74) is 9.56. The SMILES string of the molecule is Cc1cc(N)ccc1CC(=O)c1cc(NC(=O)C2C(c3cc(Cl)cc(Cl)c3)C2(Cl)Cl)ccc1Cl. The van der Waals surface area contributed by atoms with Crippen molar-refractivity contribution in [3.8, 4) is 0 Å². The zero-order valence-electron chi connectivity index (χ0n) is 17.8. The fourth-order valence-corrected chi connectivity index (χ4v) is 5.64. The van der Waals surface area contributed by atoms with Crippen LogP contribution in [0.5, 0.6) is 0 Å². The number of nitrogens with two attached hydrogens (primary N) is 1. The number of amides is 1. The van der Waals surface area contributed by atoms with Crippen LogP contribution in [-0.2, 0) is 11.2 Å². The number of Topliss-reactive ketones (excluding diaryl/α,β-unsaturated/α-hetero) is 1. The summed E-state index contributed by atoms with van der Waals surface area (Å²) in [5.74, 6) is -1.77. The third kappa shape index (κ3) is 5.17. The van der Waals surface area contributed by atoms with Crippen LogP contribution in [-0.4, -0.2) is 16.0 Å². The Hall–Kier alpha value is -1.95. The highest BCUT2D eigenvalue weighted by atomic mass is 35.5. The number of carbonyl (C=O) groups excluding carboxylic acids is 2. The summed E-state index contributed by atoms with van der Waals surface area (Å²) in [6, 6.07) is 15.1. The number of alkyl halides is 2. The van der Waals surface area contributed by atoms with Gasteiger partial charge in [-0.15, -0.1) is 23.2 Å². The summed E-state index contributed by atoms with van der Waals surface area (Å²) < 4.78 is -1.31. The van der Waals surface area contributed by atoms with E-state index in [9.17, 15) is 9.59 Å². The number of halogens is 5. The second-order valence-corrected chi connectivity index (χ2v) is 11.0. The lowest BCUT2D eigenvalue weighted by Gasteiger charge is -2.10. The molecule has 2 atom stereocenters. The summed E-state index contributed by atoms with van der Waals surface area (Å²) in [7, 11) is 0. The van der Waals surface area contributed by atoms with Crippen molar-refractivity contribution in [3.63, 3.8) is 0 Å². The molecule has 0 radical (unpaired) electrons. The molecule has 3 N–H and O–H groups in total. The third-order valence-electron chi connectivity index (χ3n) is 5.83. The molecule has 9 heteroatoms. The molecular weight excluding hydrogens is 538 g/mol. The van der Waals surface area contributed by atoms with E-state index in [2.05, 4.69) is 5.32 Å². The van der Waals surface area contributed by atoms with Gasteiger partial charge in [-0.1, -0.05) is 40.9 Å². The predicted octanol–water partition coefficient (Wildman–Crippen LogP) is 7.49. The van der Waals surface area contributed by atoms with Crippen molar-refractivity contribution in [3.05, 3.63) is 91.9 Å². The smallest absolute Gasteiger partial charge is 0.231 e. The third-order valence-corrected chi connectivity index (χ3v) is 7.54. The summed E-state index contributed by atoms with van der Waals surface area (Å²) >= 11 is 31.3. The van der Waals surface area contributed by atoms with Crippen LogP contribution < -0.4 is 11.1 Å². The topological polar surface area (TPSA) is 72.2 Å². The first-order chi connectivity index (χ1) is 16.0. The molecule has 1 aliphatic rings. The Morgan fingerprint density at radius 2 is 1.65 bits per heavy atom. The van der Waals surface area contributed by atoms with Gasteiger partial charge < -0.3 is 11.1 Å². The monoisotopic (exact) mass is 554 g/mol. The van der Waals surface area contributed by atoms with Crippen LogP contribution in [0.4, 0.5) is 11.4 Å². The lowest BCUT2D eigenvalue weighted by Crippen LogP contribution is -2.17. The number of carbonyl (C=O) groups is 2. The Bertz CT molecular complexity index is 1290. The van der Waals surface area contributed by atoms with Crippen molar-refractivity contribution in [1.82, 2.24) is 0 Å². The van der Waals surface area contributed by atoms with Crippen molar-refractivity contribution in [1.29, 1.82) is 0 Å². The van der Waals surface area contributed by atoms with E-state index in [0.717, 1.165) is 11.1 Å². The zero-order chi connectivity index (χ0) is 24.8. The van der Waals surface area contributed by atoms with E-state index in [-0.39, 0.29) is 23.1 Å². The van der Waals surface area contributed by atoms with E-state index >= 15 is 0 Å². The lowest BCUT2D eigenvalue weighted by atomic mass is 9.98. The van der Waals surface area contributed by atoms with Crippen LogP contribution in [0.3, 0.4) is 0 Å². The maximum Gasteiger partial charge on any atom is 0.231 e. The number of ketones is 1. The normalized spacial score (nSPS) is 18.4. The molecule has 4 rings (SSSR count). The molecule has 1 fully saturated rings. The summed E-state index contributed by atoms with van der Waals surface area (Å²) in [6.45, 7) is 1.89. The Labute approximate surface area is 222 Å². The Morgan fingerprint density at radius 3 is 2.29 bits per heavy atom. The van der Waals surface area contributed by atoms with Gasteiger partial charge in [-0.3, -0.25) is 9.59 Å².